The Morgan fingerprint density at radius 3 is 0.788 bits per heavy atom. The SMILES string of the molecule is CCCCCCCCCCCC(=O)O[C@H](CCCCCCCCCCC)CC(=O)N[C@H](CCOP(=O)(O)O)C(=O)NCCC[C@H](CO)NC(=O)C[C@H](O)CCCCCCCCCCC.CCCCCCCCCCCC(=O)O[C@H](CCCCCCCCCCC)CC(=O)N[C@H](CCOP(=O)(O)O)C(=O)NCCC[C@H](COP(=O)(O)O)NC(=O)C[C@H](O)CCCCCCCCCCC. The summed E-state index contributed by atoms with van der Waals surface area (Å²) in [7, 11) is -14.6. The summed E-state index contributed by atoms with van der Waals surface area (Å²) < 4.78 is 59.8. The van der Waals surface area contributed by atoms with Crippen molar-refractivity contribution in [2.45, 2.75) is 540 Å². The maximum Gasteiger partial charge on any atom is 0.469 e. The van der Waals surface area contributed by atoms with Crippen LogP contribution in [0, 0.1) is 0 Å². The molecule has 0 aliphatic carbocycles. The van der Waals surface area contributed by atoms with Gasteiger partial charge in [0.15, 0.2) is 0 Å². The topological polar surface area (TPSA) is 488 Å². The molecule has 15 N–H and O–H groups in total. The Balaban J connectivity index is 0. The van der Waals surface area contributed by atoms with Crippen LogP contribution in [-0.4, -0.2) is 180 Å². The summed E-state index contributed by atoms with van der Waals surface area (Å²) >= 11 is 0. The van der Waals surface area contributed by atoms with Gasteiger partial charge in [-0.3, -0.25) is 51.9 Å². The van der Waals surface area contributed by atoms with Crippen molar-refractivity contribution < 1.29 is 120 Å². The molecule has 0 fully saturated rings. The van der Waals surface area contributed by atoms with E-state index in [0.29, 0.717) is 44.9 Å². The van der Waals surface area contributed by atoms with Gasteiger partial charge in [-0.2, -0.15) is 0 Å². The summed E-state index contributed by atoms with van der Waals surface area (Å²) in [6, 6.07) is -3.92. The molecule has 0 spiro atoms. The molecule has 0 saturated carbocycles. The Kier molecular flexibility index (Phi) is 89.4. The number of hydrogen-bond donors (Lipinski definition) is 15. The summed E-state index contributed by atoms with van der Waals surface area (Å²) in [5.41, 5.74) is 0. The molecule has 0 unspecified atom stereocenters. The molecule has 6 amide bonds. The zero-order valence-corrected chi connectivity index (χ0v) is 85.9. The summed E-state index contributed by atoms with van der Waals surface area (Å²) in [5, 5.41) is 46.9. The third-order valence-corrected chi connectivity index (χ3v) is 25.4. The highest BCUT2D eigenvalue weighted by Crippen LogP contribution is 2.38. The number of ether oxygens (including phenoxy) is 2. The van der Waals surface area contributed by atoms with E-state index in [2.05, 4.69) is 87.0 Å². The molecule has 0 aromatic heterocycles. The number of phosphoric acid groups is 3. The second-order valence-electron chi connectivity index (χ2n) is 36.8. The number of esters is 2. The van der Waals surface area contributed by atoms with Crippen LogP contribution >= 0.6 is 23.5 Å². The first-order chi connectivity index (χ1) is 63.3. The van der Waals surface area contributed by atoms with Crippen molar-refractivity contribution in [2.75, 3.05) is 39.5 Å². The average Bonchev–Trinajstić information content (AvgIpc) is 0.864. The van der Waals surface area contributed by atoms with Crippen LogP contribution < -0.4 is 31.9 Å². The molecular formula is C98H193N6O25P3. The molecule has 8 atom stereocenters. The number of rotatable bonds is 96. The van der Waals surface area contributed by atoms with Gasteiger partial charge < -0.3 is 86.1 Å². The lowest BCUT2D eigenvalue weighted by molar-refractivity contribution is -0.152. The van der Waals surface area contributed by atoms with Crippen molar-refractivity contribution in [2.24, 2.45) is 0 Å². The second-order valence-corrected chi connectivity index (χ2v) is 40.5. The standard InChI is InChI=1S/C49H97N3O14P2.C49H96N3O11P/c1-4-7-10-13-16-19-22-25-28-33-43(53)39-46(54)51-42(41-65-68(61,62)63)32-31-37-50-49(57)45(36-38-64-67(58,59)60)52-47(55)40-44(34-29-26-23-20-17-14-11-8-5-2)66-48(56)35-30-27-24-21-18-15-12-9-6-3;1-4-7-10-13-16-19-22-25-28-33-43(54)39-46(55)51-42(41-53)32-31-37-50-49(58)45(36-38-62-64(59,60)61)52-47(56)40-44(34-29-26-23-20-17-14-11-8-5-2)63-48(57)35-30-27-24-21-18-15-12-9-6-3/h42-45,53H,4-41H2,1-3H3,(H,50,57)(H,51,54)(H,52,55)(H2,58,59,60)(H2,61,62,63);42-45,53-54H,4-41H2,1-3H3,(H,50,58)(H,51,55)(H,52,56)(H2,59,60,61)/t2*42-,43-,44-,45-/m11/s1. The van der Waals surface area contributed by atoms with Gasteiger partial charge in [-0.05, 0) is 77.0 Å². The Hall–Kier alpha value is -4.03. The van der Waals surface area contributed by atoms with Crippen molar-refractivity contribution in [1.29, 1.82) is 0 Å². The monoisotopic (exact) mass is 1950 g/mol. The predicted molar refractivity (Wildman–Crippen MR) is 524 cm³/mol. The summed E-state index contributed by atoms with van der Waals surface area (Å²) in [6.45, 7) is 11.4. The molecule has 0 aliphatic heterocycles. The van der Waals surface area contributed by atoms with Gasteiger partial charge in [0.1, 0.15) is 24.3 Å². The largest absolute Gasteiger partial charge is 0.469 e. The third-order valence-electron chi connectivity index (χ3n) is 23.9. The van der Waals surface area contributed by atoms with E-state index in [1.54, 1.807) is 0 Å². The zero-order chi connectivity index (χ0) is 98.3. The smallest absolute Gasteiger partial charge is 0.462 e. The fourth-order valence-corrected chi connectivity index (χ4v) is 17.1. The van der Waals surface area contributed by atoms with Crippen LogP contribution in [-0.2, 0) is 75.1 Å². The lowest BCUT2D eigenvalue weighted by atomic mass is 10.0. The van der Waals surface area contributed by atoms with Gasteiger partial charge >= 0.3 is 35.4 Å². The number of carbonyl (C=O) groups excluding carboxylic acids is 8. The van der Waals surface area contributed by atoms with Gasteiger partial charge in [0, 0.05) is 38.8 Å². The van der Waals surface area contributed by atoms with Crippen molar-refractivity contribution in [3.63, 3.8) is 0 Å². The lowest BCUT2D eigenvalue weighted by Gasteiger charge is -2.22. The normalized spacial score (nSPS) is 13.6. The summed E-state index contributed by atoms with van der Waals surface area (Å²) in [6.07, 6.45) is 59.8. The maximum atomic E-state index is 13.5. The number of hydrogen-bond acceptors (Lipinski definition) is 19. The van der Waals surface area contributed by atoms with Crippen LogP contribution in [0.4, 0.5) is 0 Å². The Labute approximate surface area is 797 Å². The average molecular weight is 1950 g/mol. The molecule has 0 saturated heterocycles. The third kappa shape index (κ3) is 92.3. The van der Waals surface area contributed by atoms with Crippen LogP contribution in [0.3, 0.4) is 0 Å². The highest BCUT2D eigenvalue weighted by Gasteiger charge is 2.30. The van der Waals surface area contributed by atoms with Gasteiger partial charge in [-0.1, -0.05) is 363 Å². The van der Waals surface area contributed by atoms with Crippen molar-refractivity contribution in [3.05, 3.63) is 0 Å². The number of carbonyl (C=O) groups is 8. The number of unbranched alkanes of at least 4 members (excludes halogenated alkanes) is 48. The highest BCUT2D eigenvalue weighted by molar-refractivity contribution is 7.46. The first kappa shape index (κ1) is 130. The number of aliphatic hydroxyl groups is 3. The summed E-state index contributed by atoms with van der Waals surface area (Å²) in [5.74, 6) is -3.99. The number of phosphoric ester groups is 3. The summed E-state index contributed by atoms with van der Waals surface area (Å²) in [4.78, 5) is 161. The molecule has 780 valence electrons. The number of amides is 6. The number of nitrogens with one attached hydrogen (secondary N) is 6. The van der Waals surface area contributed by atoms with E-state index in [0.717, 1.165) is 141 Å². The van der Waals surface area contributed by atoms with Gasteiger partial charge in [-0.15, -0.1) is 0 Å². The molecule has 132 heavy (non-hydrogen) atoms. The molecule has 0 bridgehead atoms. The maximum absolute atomic E-state index is 13.5. The number of aliphatic hydroxyl groups excluding tert-OH is 3. The van der Waals surface area contributed by atoms with Gasteiger partial charge in [0.05, 0.1) is 76.4 Å². The minimum Gasteiger partial charge on any atom is -0.462 e. The molecule has 0 aromatic carbocycles. The quantitative estimate of drug-likeness (QED) is 0.0153. The zero-order valence-electron chi connectivity index (χ0n) is 83.3. The van der Waals surface area contributed by atoms with E-state index in [4.69, 9.17) is 9.47 Å². The molecule has 0 rings (SSSR count). The van der Waals surface area contributed by atoms with E-state index < -0.39 is 121 Å². The van der Waals surface area contributed by atoms with Crippen LogP contribution in [0.1, 0.15) is 491 Å². The van der Waals surface area contributed by atoms with E-state index in [-0.39, 0.29) is 102 Å². The lowest BCUT2D eigenvalue weighted by Crippen LogP contribution is -2.48. The van der Waals surface area contributed by atoms with Crippen molar-refractivity contribution in [1.82, 2.24) is 31.9 Å². The van der Waals surface area contributed by atoms with E-state index >= 15 is 0 Å². The minimum atomic E-state index is -4.89. The van der Waals surface area contributed by atoms with Crippen molar-refractivity contribution in [3.8, 4) is 0 Å². The molecule has 34 heteroatoms. The van der Waals surface area contributed by atoms with Crippen molar-refractivity contribution >= 4 is 70.8 Å². The Bertz CT molecular complexity index is 2940. The van der Waals surface area contributed by atoms with E-state index in [1.165, 1.54) is 199 Å². The first-order valence-corrected chi connectivity index (χ1v) is 57.1. The highest BCUT2D eigenvalue weighted by atomic mass is 31.2. The molecular weight excluding hydrogens is 1750 g/mol. The fourth-order valence-electron chi connectivity index (χ4n) is 16.0. The minimum absolute atomic E-state index is 0.00817. The fraction of sp³-hybridized carbons (Fsp3) is 0.918. The molecule has 0 aliphatic rings. The van der Waals surface area contributed by atoms with Crippen LogP contribution in [0.15, 0.2) is 0 Å². The van der Waals surface area contributed by atoms with Crippen LogP contribution in [0.2, 0.25) is 0 Å². The molecule has 0 aromatic rings. The van der Waals surface area contributed by atoms with Crippen LogP contribution in [0.5, 0.6) is 0 Å². The van der Waals surface area contributed by atoms with Gasteiger partial charge in [0.2, 0.25) is 35.4 Å². The van der Waals surface area contributed by atoms with Gasteiger partial charge in [0.25, 0.3) is 0 Å². The predicted octanol–water partition coefficient (Wildman–Crippen LogP) is 20.4. The van der Waals surface area contributed by atoms with E-state index in [9.17, 15) is 96.7 Å². The molecule has 0 radical (unpaired) electrons. The second kappa shape index (κ2) is 90.8. The van der Waals surface area contributed by atoms with Crippen LogP contribution in [0.25, 0.3) is 0 Å². The Morgan fingerprint density at radius 1 is 0.273 bits per heavy atom. The first-order valence-electron chi connectivity index (χ1n) is 52.5. The van der Waals surface area contributed by atoms with E-state index in [1.807, 2.05) is 0 Å². The van der Waals surface area contributed by atoms with Gasteiger partial charge in [-0.25, -0.2) is 13.7 Å². The molecule has 0 heterocycles. The Morgan fingerprint density at radius 2 is 0.515 bits per heavy atom. The molecule has 31 nitrogen and oxygen atoms in total.